The lowest BCUT2D eigenvalue weighted by molar-refractivity contribution is -0.120. The predicted octanol–water partition coefficient (Wildman–Crippen LogP) is 6.19. The van der Waals surface area contributed by atoms with Gasteiger partial charge in [0.2, 0.25) is 11.0 Å². The summed E-state index contributed by atoms with van der Waals surface area (Å²) in [4.78, 5) is 19.5. The molecule has 4 aromatic rings. The van der Waals surface area contributed by atoms with E-state index in [0.29, 0.717) is 48.9 Å². The molecule has 0 radical (unpaired) electrons. The lowest BCUT2D eigenvalue weighted by Gasteiger charge is -2.21. The molecule has 1 amide bonds. The number of hydrogen-bond donors (Lipinski definition) is 1. The molecule has 0 atom stereocenters. The van der Waals surface area contributed by atoms with Crippen LogP contribution in [-0.4, -0.2) is 28.4 Å². The maximum absolute atomic E-state index is 12.6. The molecule has 1 heterocycles. The van der Waals surface area contributed by atoms with Gasteiger partial charge in [-0.05, 0) is 35.2 Å². The zero-order chi connectivity index (χ0) is 24.5. The van der Waals surface area contributed by atoms with E-state index < -0.39 is 0 Å². The topological polar surface area (TPSA) is 58.1 Å². The third-order valence-electron chi connectivity index (χ3n) is 5.49. The van der Waals surface area contributed by atoms with E-state index in [1.807, 2.05) is 42.5 Å². The van der Waals surface area contributed by atoms with Gasteiger partial charge in [-0.2, -0.15) is 4.37 Å². The minimum absolute atomic E-state index is 0.0119. The minimum Gasteiger partial charge on any atom is -0.356 e. The Morgan fingerprint density at radius 1 is 0.943 bits per heavy atom. The molecular weight excluding hydrogens is 499 g/mol. The SMILES string of the molecule is O=C(CCN(Cc1ccccc1)c1nc(Cc2ccccc2)ns1)NCCc1ccc(Cl)cc1Cl. The first kappa shape index (κ1) is 25.2. The van der Waals surface area contributed by atoms with Crippen molar-refractivity contribution in [3.8, 4) is 0 Å². The average molecular weight is 526 g/mol. The fourth-order valence-electron chi connectivity index (χ4n) is 3.66. The maximum Gasteiger partial charge on any atom is 0.221 e. The highest BCUT2D eigenvalue weighted by atomic mass is 35.5. The molecule has 0 aliphatic rings. The minimum atomic E-state index is -0.0119. The number of carbonyl (C=O) groups is 1. The van der Waals surface area contributed by atoms with E-state index in [2.05, 4.69) is 38.9 Å². The van der Waals surface area contributed by atoms with Crippen LogP contribution in [0.15, 0.2) is 78.9 Å². The molecule has 0 spiro atoms. The third kappa shape index (κ3) is 7.79. The smallest absolute Gasteiger partial charge is 0.221 e. The number of nitrogens with one attached hydrogen (secondary N) is 1. The molecule has 0 unspecified atom stereocenters. The van der Waals surface area contributed by atoms with Gasteiger partial charge >= 0.3 is 0 Å². The van der Waals surface area contributed by atoms with Crippen LogP contribution in [0.25, 0.3) is 0 Å². The first-order valence-electron chi connectivity index (χ1n) is 11.4. The van der Waals surface area contributed by atoms with Gasteiger partial charge < -0.3 is 10.2 Å². The molecule has 0 saturated heterocycles. The molecule has 8 heteroatoms. The summed E-state index contributed by atoms with van der Waals surface area (Å²) in [6.45, 7) is 1.72. The molecule has 3 aromatic carbocycles. The predicted molar refractivity (Wildman–Crippen MR) is 144 cm³/mol. The Bertz CT molecular complexity index is 1230. The Kier molecular flexibility index (Phi) is 9.12. The van der Waals surface area contributed by atoms with Crippen molar-refractivity contribution in [3.05, 3.63) is 111 Å². The molecule has 1 N–H and O–H groups in total. The van der Waals surface area contributed by atoms with Crippen molar-refractivity contribution in [2.45, 2.75) is 25.8 Å². The van der Waals surface area contributed by atoms with Crippen LogP contribution in [0.2, 0.25) is 10.0 Å². The van der Waals surface area contributed by atoms with Crippen LogP contribution < -0.4 is 10.2 Å². The van der Waals surface area contributed by atoms with Crippen molar-refractivity contribution in [3.63, 3.8) is 0 Å². The van der Waals surface area contributed by atoms with E-state index in [1.54, 1.807) is 12.1 Å². The highest BCUT2D eigenvalue weighted by Crippen LogP contribution is 2.22. The van der Waals surface area contributed by atoms with E-state index >= 15 is 0 Å². The van der Waals surface area contributed by atoms with Crippen LogP contribution >= 0.6 is 34.7 Å². The Labute approximate surface area is 219 Å². The number of rotatable bonds is 11. The zero-order valence-electron chi connectivity index (χ0n) is 19.2. The Balaban J connectivity index is 1.35. The molecular formula is C27H26Cl2N4OS. The van der Waals surface area contributed by atoms with Gasteiger partial charge in [0.15, 0.2) is 0 Å². The molecule has 180 valence electrons. The number of anilines is 1. The summed E-state index contributed by atoms with van der Waals surface area (Å²) in [6, 6.07) is 25.8. The monoisotopic (exact) mass is 524 g/mol. The zero-order valence-corrected chi connectivity index (χ0v) is 21.5. The number of hydrogen-bond acceptors (Lipinski definition) is 5. The van der Waals surface area contributed by atoms with Crippen LogP contribution in [-0.2, 0) is 24.2 Å². The summed E-state index contributed by atoms with van der Waals surface area (Å²) in [6.07, 6.45) is 1.69. The van der Waals surface area contributed by atoms with Crippen molar-refractivity contribution in [2.75, 3.05) is 18.0 Å². The average Bonchev–Trinajstić information content (AvgIpc) is 3.32. The molecule has 4 rings (SSSR count). The summed E-state index contributed by atoms with van der Waals surface area (Å²) in [5, 5.41) is 5.03. The van der Waals surface area contributed by atoms with Gasteiger partial charge in [0.1, 0.15) is 5.82 Å². The fraction of sp³-hybridized carbons (Fsp3) is 0.222. The van der Waals surface area contributed by atoms with Crippen molar-refractivity contribution in [1.82, 2.24) is 14.7 Å². The van der Waals surface area contributed by atoms with E-state index in [4.69, 9.17) is 28.2 Å². The summed E-state index contributed by atoms with van der Waals surface area (Å²) in [5.74, 6) is 0.778. The van der Waals surface area contributed by atoms with Crippen LogP contribution in [0.3, 0.4) is 0 Å². The Morgan fingerprint density at radius 2 is 1.66 bits per heavy atom. The summed E-state index contributed by atoms with van der Waals surface area (Å²) in [5.41, 5.74) is 3.29. The third-order valence-corrected chi connectivity index (χ3v) is 6.89. The van der Waals surface area contributed by atoms with E-state index in [0.717, 1.165) is 22.1 Å². The van der Waals surface area contributed by atoms with Gasteiger partial charge in [-0.3, -0.25) is 4.79 Å². The molecule has 35 heavy (non-hydrogen) atoms. The Morgan fingerprint density at radius 3 is 2.37 bits per heavy atom. The number of nitrogens with zero attached hydrogens (tertiary/aromatic N) is 3. The standard InChI is InChI=1S/C27H26Cl2N4OS/c28-23-12-11-22(24(29)18-23)13-15-30-26(34)14-16-33(19-21-9-5-2-6-10-21)27-31-25(32-35-27)17-20-7-3-1-4-8-20/h1-12,18H,13-17,19H2,(H,30,34). The molecule has 0 bridgehead atoms. The van der Waals surface area contributed by atoms with Crippen molar-refractivity contribution < 1.29 is 4.79 Å². The molecule has 0 fully saturated rings. The van der Waals surface area contributed by atoms with Gasteiger partial charge in [-0.15, -0.1) is 0 Å². The van der Waals surface area contributed by atoms with Crippen molar-refractivity contribution >= 4 is 45.8 Å². The quantitative estimate of drug-likeness (QED) is 0.254. The second kappa shape index (κ2) is 12.7. The number of benzene rings is 3. The normalized spacial score (nSPS) is 10.8. The van der Waals surface area contributed by atoms with Crippen molar-refractivity contribution in [1.29, 1.82) is 0 Å². The molecule has 0 saturated carbocycles. The van der Waals surface area contributed by atoms with Gasteiger partial charge in [0.05, 0.1) is 0 Å². The highest BCUT2D eigenvalue weighted by molar-refractivity contribution is 7.09. The van der Waals surface area contributed by atoms with Crippen LogP contribution in [0.1, 0.15) is 28.9 Å². The van der Waals surface area contributed by atoms with Crippen LogP contribution in [0.4, 0.5) is 5.13 Å². The maximum atomic E-state index is 12.6. The second-order valence-electron chi connectivity index (χ2n) is 8.15. The molecule has 0 aliphatic carbocycles. The van der Waals surface area contributed by atoms with Crippen molar-refractivity contribution in [2.24, 2.45) is 0 Å². The van der Waals surface area contributed by atoms with E-state index in [-0.39, 0.29) is 5.91 Å². The van der Waals surface area contributed by atoms with Gasteiger partial charge in [0, 0.05) is 54.1 Å². The largest absolute Gasteiger partial charge is 0.356 e. The Hall–Kier alpha value is -2.93. The van der Waals surface area contributed by atoms with E-state index in [1.165, 1.54) is 17.1 Å². The molecule has 1 aromatic heterocycles. The first-order valence-corrected chi connectivity index (χ1v) is 13.0. The first-order chi connectivity index (χ1) is 17.1. The van der Waals surface area contributed by atoms with E-state index in [9.17, 15) is 4.79 Å². The summed E-state index contributed by atoms with van der Waals surface area (Å²) < 4.78 is 4.57. The summed E-state index contributed by atoms with van der Waals surface area (Å²) in [7, 11) is 0. The second-order valence-corrected chi connectivity index (χ2v) is 9.72. The van der Waals surface area contributed by atoms with Crippen LogP contribution in [0.5, 0.6) is 0 Å². The van der Waals surface area contributed by atoms with Gasteiger partial charge in [-0.1, -0.05) is 89.9 Å². The van der Waals surface area contributed by atoms with Crippen LogP contribution in [0, 0.1) is 0 Å². The number of carbonyl (C=O) groups excluding carboxylic acids is 1. The number of halogens is 2. The molecule has 5 nitrogen and oxygen atoms in total. The number of amides is 1. The molecule has 0 aliphatic heterocycles. The summed E-state index contributed by atoms with van der Waals surface area (Å²) >= 11 is 13.6. The lowest BCUT2D eigenvalue weighted by atomic mass is 10.1. The number of aromatic nitrogens is 2. The fourth-order valence-corrected chi connectivity index (χ4v) is 4.87. The highest BCUT2D eigenvalue weighted by Gasteiger charge is 2.15. The van der Waals surface area contributed by atoms with Gasteiger partial charge in [-0.25, -0.2) is 4.98 Å². The van der Waals surface area contributed by atoms with Gasteiger partial charge in [0.25, 0.3) is 0 Å². The lowest BCUT2D eigenvalue weighted by Crippen LogP contribution is -2.31.